The van der Waals surface area contributed by atoms with Gasteiger partial charge in [0, 0.05) is 31.7 Å². The number of pyridine rings is 1. The van der Waals surface area contributed by atoms with Gasteiger partial charge in [0.25, 0.3) is 5.91 Å². The van der Waals surface area contributed by atoms with Gasteiger partial charge in [-0.1, -0.05) is 17.7 Å². The van der Waals surface area contributed by atoms with Crippen LogP contribution in [-0.4, -0.2) is 66.4 Å². The van der Waals surface area contributed by atoms with Crippen LogP contribution in [0.3, 0.4) is 0 Å². The van der Waals surface area contributed by atoms with E-state index in [2.05, 4.69) is 22.0 Å². The Morgan fingerprint density at radius 1 is 1.13 bits per heavy atom. The number of carbonyl (C=O) groups is 2. The number of methoxy groups -OCH3 is 1. The van der Waals surface area contributed by atoms with E-state index >= 15 is 0 Å². The first-order valence-corrected chi connectivity index (χ1v) is 14.0. The van der Waals surface area contributed by atoms with Gasteiger partial charge in [0.15, 0.2) is 0 Å². The van der Waals surface area contributed by atoms with Crippen LogP contribution in [0.2, 0.25) is 5.02 Å². The van der Waals surface area contributed by atoms with E-state index < -0.39 is 11.6 Å². The molecule has 38 heavy (non-hydrogen) atoms. The van der Waals surface area contributed by atoms with Crippen molar-refractivity contribution in [3.8, 4) is 0 Å². The Morgan fingerprint density at radius 2 is 1.89 bits per heavy atom. The topological polar surface area (TPSA) is 95.0 Å². The van der Waals surface area contributed by atoms with Gasteiger partial charge in [-0.25, -0.2) is 9.78 Å². The molecule has 4 saturated carbocycles. The fourth-order valence-electron chi connectivity index (χ4n) is 7.68. The van der Waals surface area contributed by atoms with E-state index in [0.717, 1.165) is 63.2 Å². The molecule has 0 spiro atoms. The minimum absolute atomic E-state index is 0.125. The van der Waals surface area contributed by atoms with E-state index in [-0.39, 0.29) is 18.0 Å². The van der Waals surface area contributed by atoms with Gasteiger partial charge in [-0.15, -0.1) is 0 Å². The van der Waals surface area contributed by atoms with E-state index in [9.17, 15) is 14.7 Å². The van der Waals surface area contributed by atoms with Crippen LogP contribution in [0.5, 0.6) is 0 Å². The second-order valence-corrected chi connectivity index (χ2v) is 12.1. The summed E-state index contributed by atoms with van der Waals surface area (Å²) >= 11 is 6.52. The predicted octanol–water partition coefficient (Wildman–Crippen LogP) is 3.91. The van der Waals surface area contributed by atoms with Gasteiger partial charge in [0.2, 0.25) is 0 Å². The van der Waals surface area contributed by atoms with Gasteiger partial charge < -0.3 is 25.0 Å². The van der Waals surface area contributed by atoms with Crippen molar-refractivity contribution in [1.29, 1.82) is 0 Å². The number of aromatic nitrogens is 1. The van der Waals surface area contributed by atoms with E-state index in [1.54, 1.807) is 18.2 Å². The van der Waals surface area contributed by atoms with E-state index in [0.29, 0.717) is 34.0 Å². The van der Waals surface area contributed by atoms with Crippen LogP contribution in [0.15, 0.2) is 36.4 Å². The van der Waals surface area contributed by atoms with Crippen molar-refractivity contribution < 1.29 is 19.4 Å². The Labute approximate surface area is 228 Å². The maximum atomic E-state index is 13.3. The maximum absolute atomic E-state index is 13.3. The van der Waals surface area contributed by atoms with Gasteiger partial charge in [0.1, 0.15) is 11.5 Å². The molecular weight excluding hydrogens is 504 g/mol. The Kier molecular flexibility index (Phi) is 6.51. The number of esters is 1. The molecule has 7 rings (SSSR count). The van der Waals surface area contributed by atoms with Gasteiger partial charge in [-0.3, -0.25) is 4.79 Å². The Balaban J connectivity index is 1.12. The number of rotatable bonds is 5. The number of amides is 1. The van der Waals surface area contributed by atoms with Gasteiger partial charge in [-0.2, -0.15) is 0 Å². The third kappa shape index (κ3) is 4.62. The number of nitrogens with one attached hydrogen (secondary N) is 1. The van der Waals surface area contributed by atoms with Gasteiger partial charge >= 0.3 is 5.97 Å². The molecule has 5 fully saturated rings. The van der Waals surface area contributed by atoms with Gasteiger partial charge in [0.05, 0.1) is 29.0 Å². The predicted molar refractivity (Wildman–Crippen MR) is 146 cm³/mol. The Bertz CT molecular complexity index is 1240. The maximum Gasteiger partial charge on any atom is 0.337 e. The third-order valence-electron chi connectivity index (χ3n) is 9.14. The lowest BCUT2D eigenvalue weighted by Gasteiger charge is -2.58. The number of aliphatic hydroxyl groups is 1. The third-order valence-corrected chi connectivity index (χ3v) is 9.44. The zero-order valence-electron chi connectivity index (χ0n) is 21.9. The normalized spacial score (nSPS) is 31.8. The summed E-state index contributed by atoms with van der Waals surface area (Å²) in [7, 11) is 1.35. The summed E-state index contributed by atoms with van der Waals surface area (Å²) in [5.74, 6) is 1.58. The molecule has 1 saturated heterocycles. The first kappa shape index (κ1) is 25.4. The smallest absolute Gasteiger partial charge is 0.337 e. The summed E-state index contributed by atoms with van der Waals surface area (Å²) in [5.41, 5.74) is 1.23. The first-order valence-electron chi connectivity index (χ1n) is 13.6. The highest BCUT2D eigenvalue weighted by molar-refractivity contribution is 6.33. The molecular formula is C29H35ClN4O4. The average Bonchev–Trinajstić information content (AvgIpc) is 2.89. The highest BCUT2D eigenvalue weighted by atomic mass is 35.5. The summed E-state index contributed by atoms with van der Waals surface area (Å²) in [6.07, 6.45) is 4.74. The van der Waals surface area contributed by atoms with E-state index in [1.165, 1.54) is 7.11 Å². The van der Waals surface area contributed by atoms with Crippen LogP contribution in [0.4, 0.5) is 11.5 Å². The zero-order chi connectivity index (χ0) is 26.6. The van der Waals surface area contributed by atoms with E-state index in [1.807, 2.05) is 18.2 Å². The number of anilines is 2. The molecule has 4 aliphatic carbocycles. The largest absolute Gasteiger partial charge is 0.465 e. The minimum Gasteiger partial charge on any atom is -0.465 e. The van der Waals surface area contributed by atoms with Gasteiger partial charge in [-0.05, 0) is 87.1 Å². The van der Waals surface area contributed by atoms with Crippen LogP contribution in [0, 0.1) is 17.8 Å². The average molecular weight is 539 g/mol. The molecule has 3 atom stereocenters. The summed E-state index contributed by atoms with van der Waals surface area (Å²) in [6, 6.07) is 11.1. The van der Waals surface area contributed by atoms with Crippen molar-refractivity contribution in [1.82, 2.24) is 10.3 Å². The summed E-state index contributed by atoms with van der Waals surface area (Å²) < 4.78 is 4.79. The monoisotopic (exact) mass is 538 g/mol. The van der Waals surface area contributed by atoms with Crippen molar-refractivity contribution in [2.45, 2.75) is 56.7 Å². The van der Waals surface area contributed by atoms with Crippen LogP contribution < -0.4 is 15.1 Å². The highest BCUT2D eigenvalue weighted by Gasteiger charge is 2.55. The minimum atomic E-state index is -0.512. The van der Waals surface area contributed by atoms with Crippen LogP contribution in [0.25, 0.3) is 0 Å². The molecule has 1 aromatic carbocycles. The highest BCUT2D eigenvalue weighted by Crippen LogP contribution is 2.55. The lowest BCUT2D eigenvalue weighted by Crippen LogP contribution is -2.61. The number of piperazine rings is 1. The second-order valence-electron chi connectivity index (χ2n) is 11.7. The molecule has 0 radical (unpaired) electrons. The lowest BCUT2D eigenvalue weighted by molar-refractivity contribution is -0.136. The number of hydrogen-bond donors (Lipinski definition) is 2. The molecule has 1 aromatic heterocycles. The van der Waals surface area contributed by atoms with Crippen molar-refractivity contribution in [2.75, 3.05) is 36.5 Å². The quantitative estimate of drug-likeness (QED) is 0.557. The summed E-state index contributed by atoms with van der Waals surface area (Å²) in [6.45, 7) is 4.32. The molecule has 3 unspecified atom stereocenters. The fraction of sp³-hybridized carbons (Fsp3) is 0.552. The molecule has 202 valence electrons. The van der Waals surface area contributed by atoms with E-state index in [4.69, 9.17) is 21.3 Å². The molecule has 2 N–H and O–H groups in total. The summed E-state index contributed by atoms with van der Waals surface area (Å²) in [5, 5.41) is 14.7. The number of hydrogen-bond acceptors (Lipinski definition) is 7. The molecule has 9 heteroatoms. The molecule has 8 nitrogen and oxygen atoms in total. The van der Waals surface area contributed by atoms with Crippen molar-refractivity contribution in [3.63, 3.8) is 0 Å². The fourth-order valence-corrected chi connectivity index (χ4v) is 7.98. The van der Waals surface area contributed by atoms with Crippen molar-refractivity contribution in [3.05, 3.63) is 52.7 Å². The standard InChI is InChI=1S/C29H35ClN4O4/c1-17-16-33(24-7-6-19(12-22(24)30)28(36)38-2)8-9-34(17)25-5-3-4-23(31-25)27(35)32-26-20-10-18-11-21(26)15-29(37,13-18)14-20/h3-7,12,17-18,20-21,26,37H,8-11,13-16H2,1-2H3,(H,32,35). The zero-order valence-corrected chi connectivity index (χ0v) is 22.7. The Morgan fingerprint density at radius 3 is 2.55 bits per heavy atom. The van der Waals surface area contributed by atoms with Crippen molar-refractivity contribution >= 4 is 35.0 Å². The second kappa shape index (κ2) is 9.72. The molecule has 5 aliphatic rings. The molecule has 2 aromatic rings. The van der Waals surface area contributed by atoms with Crippen LogP contribution in [0.1, 0.15) is 59.9 Å². The number of nitrogens with zero attached hydrogens (tertiary/aromatic N) is 3. The SMILES string of the molecule is COC(=O)c1ccc(N2CCN(c3cccc(C(=O)NC4C5CC6CC4CC(O)(C6)C5)n3)C(C)C2)c(Cl)c1. The Hall–Kier alpha value is -2.84. The first-order chi connectivity index (χ1) is 18.2. The summed E-state index contributed by atoms with van der Waals surface area (Å²) in [4.78, 5) is 34.3. The number of halogens is 1. The molecule has 1 aliphatic heterocycles. The molecule has 2 heterocycles. The lowest BCUT2D eigenvalue weighted by atomic mass is 9.52. The molecule has 4 bridgehead atoms. The number of ether oxygens (including phenoxy) is 1. The molecule has 1 amide bonds. The van der Waals surface area contributed by atoms with Crippen LogP contribution in [-0.2, 0) is 4.74 Å². The van der Waals surface area contributed by atoms with Crippen molar-refractivity contribution in [2.24, 2.45) is 17.8 Å². The van der Waals surface area contributed by atoms with Crippen LogP contribution >= 0.6 is 11.6 Å². The number of benzene rings is 1. The number of carbonyl (C=O) groups excluding carboxylic acids is 2.